The minimum absolute atomic E-state index is 0.0164. The van der Waals surface area contributed by atoms with E-state index in [1.54, 1.807) is 18.2 Å². The number of phenolic OH excluding ortho intramolecular Hbond substituents is 1. The number of halogens is 2. The molecule has 0 radical (unpaired) electrons. The van der Waals surface area contributed by atoms with Gasteiger partial charge in [-0.25, -0.2) is 8.78 Å². The van der Waals surface area contributed by atoms with E-state index in [2.05, 4.69) is 10.2 Å². The lowest BCUT2D eigenvalue weighted by Crippen LogP contribution is -2.44. The number of hydrogen-bond donors (Lipinski definition) is 2. The maximum absolute atomic E-state index is 13.3. The van der Waals surface area contributed by atoms with Gasteiger partial charge in [-0.15, -0.1) is 0 Å². The van der Waals surface area contributed by atoms with Crippen molar-refractivity contribution in [3.8, 4) is 5.75 Å². The highest BCUT2D eigenvalue weighted by Crippen LogP contribution is 2.18. The molecule has 144 valence electrons. The Labute approximate surface area is 157 Å². The summed E-state index contributed by atoms with van der Waals surface area (Å²) in [6, 6.07) is 11.2. The van der Waals surface area contributed by atoms with E-state index in [4.69, 9.17) is 0 Å². The van der Waals surface area contributed by atoms with Crippen LogP contribution in [0.4, 0.5) is 8.78 Å². The standard InChI is InChI=1S/C21H24F2N2O2/c22-18-7-5-15(13-19(18)23)14-25-11-9-17(10-12-25)24-21(27)8-6-16-3-1-2-4-20(16)26/h1-5,7,13,17,26H,6,8-12,14H2,(H,24,27). The van der Waals surface area contributed by atoms with Crippen molar-refractivity contribution in [2.75, 3.05) is 13.1 Å². The summed E-state index contributed by atoms with van der Waals surface area (Å²) in [6.07, 6.45) is 2.50. The van der Waals surface area contributed by atoms with Crippen LogP contribution in [-0.4, -0.2) is 35.0 Å². The number of aryl methyl sites for hydroxylation is 1. The number of nitrogens with zero attached hydrogens (tertiary/aromatic N) is 1. The SMILES string of the molecule is O=C(CCc1ccccc1O)NC1CCN(Cc2ccc(F)c(F)c2)CC1. The Morgan fingerprint density at radius 3 is 2.56 bits per heavy atom. The minimum Gasteiger partial charge on any atom is -0.508 e. The quantitative estimate of drug-likeness (QED) is 0.815. The lowest BCUT2D eigenvalue weighted by molar-refractivity contribution is -0.122. The van der Waals surface area contributed by atoms with E-state index in [-0.39, 0.29) is 17.7 Å². The second kappa shape index (κ2) is 8.95. The van der Waals surface area contributed by atoms with Gasteiger partial charge in [0.15, 0.2) is 11.6 Å². The average Bonchev–Trinajstić information content (AvgIpc) is 2.66. The van der Waals surface area contributed by atoms with Crippen molar-refractivity contribution in [1.82, 2.24) is 10.2 Å². The molecule has 2 aromatic carbocycles. The number of likely N-dealkylation sites (tertiary alicyclic amines) is 1. The van der Waals surface area contributed by atoms with Crippen LogP contribution in [0.1, 0.15) is 30.4 Å². The Hall–Kier alpha value is -2.47. The van der Waals surface area contributed by atoms with Crippen molar-refractivity contribution in [3.05, 3.63) is 65.2 Å². The van der Waals surface area contributed by atoms with Crippen LogP contribution in [0.5, 0.6) is 5.75 Å². The van der Waals surface area contributed by atoms with Crippen LogP contribution in [0.3, 0.4) is 0 Å². The molecule has 0 unspecified atom stereocenters. The Bertz CT molecular complexity index is 790. The van der Waals surface area contributed by atoms with E-state index >= 15 is 0 Å². The molecule has 0 spiro atoms. The summed E-state index contributed by atoms with van der Waals surface area (Å²) < 4.78 is 26.3. The average molecular weight is 374 g/mol. The van der Waals surface area contributed by atoms with E-state index in [9.17, 15) is 18.7 Å². The zero-order valence-corrected chi connectivity index (χ0v) is 15.1. The highest BCUT2D eigenvalue weighted by Gasteiger charge is 2.21. The third kappa shape index (κ3) is 5.50. The number of nitrogens with one attached hydrogen (secondary N) is 1. The zero-order valence-electron chi connectivity index (χ0n) is 15.1. The van der Waals surface area contributed by atoms with Crippen LogP contribution in [0.2, 0.25) is 0 Å². The third-order valence-electron chi connectivity index (χ3n) is 4.96. The number of aromatic hydroxyl groups is 1. The van der Waals surface area contributed by atoms with Gasteiger partial charge in [0.05, 0.1) is 0 Å². The Kier molecular flexibility index (Phi) is 6.40. The first-order valence-electron chi connectivity index (χ1n) is 9.24. The third-order valence-corrected chi connectivity index (χ3v) is 4.96. The van der Waals surface area contributed by atoms with E-state index < -0.39 is 11.6 Å². The summed E-state index contributed by atoms with van der Waals surface area (Å²) in [5, 5.41) is 12.8. The van der Waals surface area contributed by atoms with Crippen LogP contribution >= 0.6 is 0 Å². The highest BCUT2D eigenvalue weighted by atomic mass is 19.2. The lowest BCUT2D eigenvalue weighted by atomic mass is 10.0. The molecule has 2 aromatic rings. The minimum atomic E-state index is -0.830. The number of phenols is 1. The first-order chi connectivity index (χ1) is 13.0. The molecule has 0 aliphatic carbocycles. The van der Waals surface area contributed by atoms with Gasteiger partial charge in [0.2, 0.25) is 5.91 Å². The van der Waals surface area contributed by atoms with Crippen LogP contribution in [0, 0.1) is 11.6 Å². The van der Waals surface area contributed by atoms with Gasteiger partial charge in [-0.05, 0) is 48.6 Å². The zero-order chi connectivity index (χ0) is 19.2. The van der Waals surface area contributed by atoms with E-state index in [1.165, 1.54) is 6.07 Å². The highest BCUT2D eigenvalue weighted by molar-refractivity contribution is 5.76. The second-order valence-electron chi connectivity index (χ2n) is 7.00. The van der Waals surface area contributed by atoms with Crippen LogP contribution in [0.15, 0.2) is 42.5 Å². The molecule has 1 amide bonds. The summed E-state index contributed by atoms with van der Waals surface area (Å²) in [6.45, 7) is 2.16. The van der Waals surface area contributed by atoms with Gasteiger partial charge in [0.25, 0.3) is 0 Å². The van der Waals surface area contributed by atoms with Gasteiger partial charge >= 0.3 is 0 Å². The second-order valence-corrected chi connectivity index (χ2v) is 7.00. The molecule has 1 aliphatic rings. The van der Waals surface area contributed by atoms with Crippen molar-refractivity contribution >= 4 is 5.91 Å². The first kappa shape index (κ1) is 19.3. The van der Waals surface area contributed by atoms with Crippen molar-refractivity contribution in [3.63, 3.8) is 0 Å². The van der Waals surface area contributed by atoms with Gasteiger partial charge < -0.3 is 10.4 Å². The molecule has 0 atom stereocenters. The number of para-hydroxylation sites is 1. The maximum Gasteiger partial charge on any atom is 0.220 e. The molecule has 1 aliphatic heterocycles. The first-order valence-corrected chi connectivity index (χ1v) is 9.24. The number of carbonyl (C=O) groups is 1. The topological polar surface area (TPSA) is 52.6 Å². The largest absolute Gasteiger partial charge is 0.508 e. The van der Waals surface area contributed by atoms with E-state index in [1.807, 2.05) is 12.1 Å². The smallest absolute Gasteiger partial charge is 0.220 e. The Morgan fingerprint density at radius 1 is 1.11 bits per heavy atom. The van der Waals surface area contributed by atoms with Crippen molar-refractivity contribution in [1.29, 1.82) is 0 Å². The molecule has 2 N–H and O–H groups in total. The summed E-state index contributed by atoms with van der Waals surface area (Å²) in [7, 11) is 0. The number of hydrogen-bond acceptors (Lipinski definition) is 3. The normalized spacial score (nSPS) is 15.6. The molecule has 6 heteroatoms. The predicted octanol–water partition coefficient (Wildman–Crippen LogP) is 3.38. The fraction of sp³-hybridized carbons (Fsp3) is 0.381. The van der Waals surface area contributed by atoms with E-state index in [0.29, 0.717) is 19.4 Å². The molecule has 1 fully saturated rings. The van der Waals surface area contributed by atoms with Crippen LogP contribution in [-0.2, 0) is 17.8 Å². The van der Waals surface area contributed by atoms with Crippen molar-refractivity contribution < 1.29 is 18.7 Å². The Morgan fingerprint density at radius 2 is 1.85 bits per heavy atom. The van der Waals surface area contributed by atoms with E-state index in [0.717, 1.165) is 43.1 Å². The number of piperidine rings is 1. The lowest BCUT2D eigenvalue weighted by Gasteiger charge is -2.32. The van der Waals surface area contributed by atoms with Gasteiger partial charge in [-0.2, -0.15) is 0 Å². The van der Waals surface area contributed by atoms with Crippen molar-refractivity contribution in [2.24, 2.45) is 0 Å². The fourth-order valence-corrected chi connectivity index (χ4v) is 3.40. The fourth-order valence-electron chi connectivity index (χ4n) is 3.40. The molecule has 0 aromatic heterocycles. The number of amides is 1. The summed E-state index contributed by atoms with van der Waals surface area (Å²) in [4.78, 5) is 14.3. The van der Waals surface area contributed by atoms with Gasteiger partial charge in [-0.1, -0.05) is 24.3 Å². The number of carbonyl (C=O) groups excluding carboxylic acids is 1. The molecule has 1 heterocycles. The molecule has 0 bridgehead atoms. The number of rotatable bonds is 6. The monoisotopic (exact) mass is 374 g/mol. The molecule has 4 nitrogen and oxygen atoms in total. The molecular formula is C21H24F2N2O2. The maximum atomic E-state index is 13.3. The molecular weight excluding hydrogens is 350 g/mol. The molecule has 1 saturated heterocycles. The van der Waals surface area contributed by atoms with Crippen molar-refractivity contribution in [2.45, 2.75) is 38.3 Å². The summed E-state index contributed by atoms with van der Waals surface area (Å²) >= 11 is 0. The van der Waals surface area contributed by atoms with Crippen LogP contribution in [0.25, 0.3) is 0 Å². The summed E-state index contributed by atoms with van der Waals surface area (Å²) in [5.41, 5.74) is 1.52. The predicted molar refractivity (Wildman–Crippen MR) is 99.2 cm³/mol. The molecule has 27 heavy (non-hydrogen) atoms. The Balaban J connectivity index is 1.40. The van der Waals surface area contributed by atoms with Gasteiger partial charge in [0, 0.05) is 32.1 Å². The molecule has 3 rings (SSSR count). The number of benzene rings is 2. The summed E-state index contributed by atoms with van der Waals surface area (Å²) in [5.74, 6) is -1.45. The van der Waals surface area contributed by atoms with Gasteiger partial charge in [0.1, 0.15) is 5.75 Å². The van der Waals surface area contributed by atoms with Gasteiger partial charge in [-0.3, -0.25) is 9.69 Å². The van der Waals surface area contributed by atoms with Crippen LogP contribution < -0.4 is 5.32 Å². The molecule has 0 saturated carbocycles.